The van der Waals surface area contributed by atoms with Crippen LogP contribution in [-0.4, -0.2) is 7.11 Å². The monoisotopic (exact) mass is 462 g/mol. The third kappa shape index (κ3) is 4.26. The molecule has 0 amide bonds. The standard InChI is InChI=1S/C24H15F5O4/c1-31-19-8-3-2-5-14(19)21-22(30)15-10-9-13(11-20(15)33-23(21)24(27,28)29)32-12-16-17(25)6-4-7-18(16)26/h2-11H,12H2,1H3. The molecule has 0 spiro atoms. The molecule has 1 heterocycles. The lowest BCUT2D eigenvalue weighted by molar-refractivity contribution is -0.152. The van der Waals surface area contributed by atoms with E-state index in [1.165, 1.54) is 43.5 Å². The van der Waals surface area contributed by atoms with Crippen LogP contribution in [-0.2, 0) is 12.8 Å². The number of alkyl halides is 3. The molecule has 0 saturated carbocycles. The van der Waals surface area contributed by atoms with Crippen LogP contribution in [0.15, 0.2) is 69.9 Å². The lowest BCUT2D eigenvalue weighted by Gasteiger charge is -2.15. The molecule has 0 aliphatic carbocycles. The fourth-order valence-electron chi connectivity index (χ4n) is 3.38. The van der Waals surface area contributed by atoms with Gasteiger partial charge in [0, 0.05) is 11.6 Å². The number of para-hydroxylation sites is 1. The zero-order valence-electron chi connectivity index (χ0n) is 17.0. The maximum Gasteiger partial charge on any atom is 0.450 e. The number of hydrogen-bond donors (Lipinski definition) is 0. The number of benzene rings is 3. The SMILES string of the molecule is COc1ccccc1-c1c(C(F)(F)F)oc2cc(OCc3c(F)cccc3F)ccc2c1=O. The van der Waals surface area contributed by atoms with Gasteiger partial charge in [0.15, 0.2) is 0 Å². The Balaban J connectivity index is 1.83. The Morgan fingerprint density at radius 3 is 2.30 bits per heavy atom. The lowest BCUT2D eigenvalue weighted by Crippen LogP contribution is -2.16. The van der Waals surface area contributed by atoms with E-state index < -0.39 is 46.8 Å². The van der Waals surface area contributed by atoms with E-state index >= 15 is 0 Å². The van der Waals surface area contributed by atoms with Gasteiger partial charge in [0.05, 0.1) is 23.6 Å². The van der Waals surface area contributed by atoms with Crippen molar-refractivity contribution in [2.45, 2.75) is 12.8 Å². The van der Waals surface area contributed by atoms with Gasteiger partial charge in [0.25, 0.3) is 0 Å². The van der Waals surface area contributed by atoms with Gasteiger partial charge in [0.1, 0.15) is 35.3 Å². The number of methoxy groups -OCH3 is 1. The molecular formula is C24H15F5O4. The second-order valence-corrected chi connectivity index (χ2v) is 6.98. The number of hydrogen-bond acceptors (Lipinski definition) is 4. The smallest absolute Gasteiger partial charge is 0.450 e. The molecule has 0 aliphatic heterocycles. The van der Waals surface area contributed by atoms with Crippen LogP contribution in [0.4, 0.5) is 22.0 Å². The summed E-state index contributed by atoms with van der Waals surface area (Å²) in [7, 11) is 1.27. The highest BCUT2D eigenvalue weighted by Crippen LogP contribution is 2.40. The van der Waals surface area contributed by atoms with Crippen LogP contribution in [0.1, 0.15) is 11.3 Å². The van der Waals surface area contributed by atoms with E-state index in [1.807, 2.05) is 0 Å². The Morgan fingerprint density at radius 2 is 1.64 bits per heavy atom. The number of fused-ring (bicyclic) bond motifs is 1. The summed E-state index contributed by atoms with van der Waals surface area (Å²) in [5, 5.41) is -0.131. The highest BCUT2D eigenvalue weighted by atomic mass is 19.4. The summed E-state index contributed by atoms with van der Waals surface area (Å²) in [5.74, 6) is -3.12. The lowest BCUT2D eigenvalue weighted by atomic mass is 10.0. The molecule has 0 fully saturated rings. The molecule has 0 saturated heterocycles. The molecule has 170 valence electrons. The quantitative estimate of drug-likeness (QED) is 0.325. The van der Waals surface area contributed by atoms with E-state index in [0.29, 0.717) is 0 Å². The number of halogens is 5. The molecule has 9 heteroatoms. The Hall–Kier alpha value is -3.88. The van der Waals surface area contributed by atoms with Gasteiger partial charge in [-0.2, -0.15) is 13.2 Å². The summed E-state index contributed by atoms with van der Waals surface area (Å²) in [5.41, 5.74) is -2.41. The summed E-state index contributed by atoms with van der Waals surface area (Å²) in [4.78, 5) is 13.1. The summed E-state index contributed by atoms with van der Waals surface area (Å²) in [6.07, 6.45) is -4.99. The Bertz CT molecular complexity index is 1370. The van der Waals surface area contributed by atoms with Gasteiger partial charge in [0.2, 0.25) is 11.2 Å². The minimum atomic E-state index is -4.99. The molecule has 0 radical (unpaired) electrons. The molecule has 0 bridgehead atoms. The number of rotatable bonds is 5. The first-order valence-corrected chi connectivity index (χ1v) is 9.58. The predicted octanol–water partition coefficient (Wildman–Crippen LogP) is 6.34. The molecule has 0 N–H and O–H groups in total. The maximum absolute atomic E-state index is 13.8. The van der Waals surface area contributed by atoms with Crippen molar-refractivity contribution < 1.29 is 35.8 Å². The number of ether oxygens (including phenoxy) is 2. The molecule has 4 aromatic rings. The molecule has 4 rings (SSSR count). The fourth-order valence-corrected chi connectivity index (χ4v) is 3.38. The van der Waals surface area contributed by atoms with Gasteiger partial charge < -0.3 is 13.9 Å². The van der Waals surface area contributed by atoms with E-state index in [1.54, 1.807) is 6.07 Å². The van der Waals surface area contributed by atoms with Crippen LogP contribution in [0.3, 0.4) is 0 Å². The van der Waals surface area contributed by atoms with Crippen LogP contribution in [0.2, 0.25) is 0 Å². The average molecular weight is 462 g/mol. The van der Waals surface area contributed by atoms with Crippen molar-refractivity contribution in [2.24, 2.45) is 0 Å². The Kier molecular flexibility index (Phi) is 5.80. The van der Waals surface area contributed by atoms with E-state index in [2.05, 4.69) is 0 Å². The second kappa shape index (κ2) is 8.57. The Morgan fingerprint density at radius 1 is 0.939 bits per heavy atom. The minimum absolute atomic E-state index is 0.0357. The van der Waals surface area contributed by atoms with E-state index in [9.17, 15) is 26.7 Å². The zero-order chi connectivity index (χ0) is 23.8. The second-order valence-electron chi connectivity index (χ2n) is 6.98. The first-order valence-electron chi connectivity index (χ1n) is 9.58. The van der Waals surface area contributed by atoms with Crippen molar-refractivity contribution >= 4 is 11.0 Å². The molecule has 0 atom stereocenters. The van der Waals surface area contributed by atoms with E-state index in [0.717, 1.165) is 18.2 Å². The fraction of sp³-hybridized carbons (Fsp3) is 0.125. The average Bonchev–Trinajstić information content (AvgIpc) is 2.78. The molecule has 0 unspecified atom stereocenters. The molecule has 4 nitrogen and oxygen atoms in total. The summed E-state index contributed by atoms with van der Waals surface area (Å²) < 4.78 is 84.7. The third-order valence-electron chi connectivity index (χ3n) is 4.94. The summed E-state index contributed by atoms with van der Waals surface area (Å²) in [6, 6.07) is 12.7. The van der Waals surface area contributed by atoms with Gasteiger partial charge in [-0.15, -0.1) is 0 Å². The highest BCUT2D eigenvalue weighted by Gasteiger charge is 2.40. The summed E-state index contributed by atoms with van der Waals surface area (Å²) >= 11 is 0. The van der Waals surface area contributed by atoms with Crippen LogP contribution >= 0.6 is 0 Å². The molecule has 3 aromatic carbocycles. The zero-order valence-corrected chi connectivity index (χ0v) is 17.0. The summed E-state index contributed by atoms with van der Waals surface area (Å²) in [6.45, 7) is -0.514. The largest absolute Gasteiger partial charge is 0.496 e. The molecular weight excluding hydrogens is 447 g/mol. The Labute approximate surface area is 183 Å². The van der Waals surface area contributed by atoms with Crippen molar-refractivity contribution in [3.63, 3.8) is 0 Å². The van der Waals surface area contributed by atoms with Gasteiger partial charge in [-0.3, -0.25) is 4.79 Å². The van der Waals surface area contributed by atoms with Crippen molar-refractivity contribution in [3.8, 4) is 22.6 Å². The van der Waals surface area contributed by atoms with Crippen LogP contribution < -0.4 is 14.9 Å². The third-order valence-corrected chi connectivity index (χ3v) is 4.94. The van der Waals surface area contributed by atoms with Crippen LogP contribution in [0.5, 0.6) is 11.5 Å². The van der Waals surface area contributed by atoms with Crippen molar-refractivity contribution in [1.82, 2.24) is 0 Å². The van der Waals surface area contributed by atoms with Crippen LogP contribution in [0, 0.1) is 11.6 Å². The highest BCUT2D eigenvalue weighted by molar-refractivity contribution is 5.85. The van der Waals surface area contributed by atoms with Gasteiger partial charge >= 0.3 is 6.18 Å². The first-order chi connectivity index (χ1) is 15.7. The van der Waals surface area contributed by atoms with E-state index in [4.69, 9.17) is 13.9 Å². The van der Waals surface area contributed by atoms with E-state index in [-0.39, 0.29) is 28.0 Å². The van der Waals surface area contributed by atoms with Gasteiger partial charge in [-0.1, -0.05) is 24.3 Å². The van der Waals surface area contributed by atoms with Gasteiger partial charge in [-0.05, 0) is 30.3 Å². The minimum Gasteiger partial charge on any atom is -0.496 e. The maximum atomic E-state index is 13.8. The normalized spacial score (nSPS) is 11.6. The predicted molar refractivity (Wildman–Crippen MR) is 110 cm³/mol. The first kappa shape index (κ1) is 22.3. The molecule has 0 aliphatic rings. The topological polar surface area (TPSA) is 48.7 Å². The van der Waals surface area contributed by atoms with Crippen LogP contribution in [0.25, 0.3) is 22.1 Å². The van der Waals surface area contributed by atoms with Crippen molar-refractivity contribution in [2.75, 3.05) is 7.11 Å². The molecule has 33 heavy (non-hydrogen) atoms. The van der Waals surface area contributed by atoms with Crippen molar-refractivity contribution in [1.29, 1.82) is 0 Å². The van der Waals surface area contributed by atoms with Gasteiger partial charge in [-0.25, -0.2) is 8.78 Å². The molecule has 1 aromatic heterocycles. The van der Waals surface area contributed by atoms with Crippen molar-refractivity contribution in [3.05, 3.63) is 93.8 Å².